The van der Waals surface area contributed by atoms with Gasteiger partial charge in [0, 0.05) is 0 Å². The molecule has 0 nitrogen and oxygen atoms in total. The fraction of sp³-hybridized carbons (Fsp3) is 1.00. The molecule has 3 atom stereocenters. The monoisotopic (exact) mass is 264 g/mol. The molecule has 1 saturated carbocycles. The lowest BCUT2D eigenvalue weighted by molar-refractivity contribution is -0.225. The van der Waals surface area contributed by atoms with Crippen LogP contribution in [0.5, 0.6) is 0 Å². The van der Waals surface area contributed by atoms with E-state index in [0.717, 1.165) is 0 Å². The van der Waals surface area contributed by atoms with E-state index < -0.39 is 49.4 Å². The van der Waals surface area contributed by atoms with Crippen molar-refractivity contribution >= 4 is 0 Å². The molecule has 1 aliphatic carbocycles. The zero-order chi connectivity index (χ0) is 13.9. The van der Waals surface area contributed by atoms with Gasteiger partial charge in [0.2, 0.25) is 0 Å². The predicted molar refractivity (Wildman–Crippen MR) is 53.5 cm³/mol. The minimum Gasteiger partial charge on any atom is -0.171 e. The second-order valence-corrected chi connectivity index (χ2v) is 4.18. The quantitative estimate of drug-likeness (QED) is 0.528. The third-order valence-corrected chi connectivity index (χ3v) is 3.05. The Morgan fingerprint density at radius 3 is 1.59 bits per heavy atom. The summed E-state index contributed by atoms with van der Waals surface area (Å²) in [5.41, 5.74) is 0. The highest BCUT2D eigenvalue weighted by atomic mass is 19.4. The highest BCUT2D eigenvalue weighted by Gasteiger charge is 2.50. The fourth-order valence-corrected chi connectivity index (χ4v) is 2.18. The highest BCUT2D eigenvalue weighted by Crippen LogP contribution is 2.47. The molecule has 1 rings (SSSR count). The molecule has 0 spiro atoms. The molecule has 1 aliphatic rings. The molecule has 0 aromatic heterocycles. The predicted octanol–water partition coefficient (Wildman–Crippen LogP) is 5.19. The standard InChI is InChI=1S/C9H12F6.C2H6/c1-5-4-6(8(10,11)12)2-3-7(5)9(13,14)15;1-2/h5-7H,2-4H2,1H3;1-2H3. The van der Waals surface area contributed by atoms with Crippen molar-refractivity contribution in [3.63, 3.8) is 0 Å². The molecule has 0 radical (unpaired) electrons. The topological polar surface area (TPSA) is 0 Å². The van der Waals surface area contributed by atoms with Crippen molar-refractivity contribution in [2.24, 2.45) is 17.8 Å². The van der Waals surface area contributed by atoms with Crippen LogP contribution in [0.15, 0.2) is 0 Å². The van der Waals surface area contributed by atoms with Crippen molar-refractivity contribution < 1.29 is 26.3 Å². The maximum Gasteiger partial charge on any atom is 0.392 e. The van der Waals surface area contributed by atoms with E-state index in [1.165, 1.54) is 6.92 Å². The molecular weight excluding hydrogens is 246 g/mol. The minimum absolute atomic E-state index is 0.405. The van der Waals surface area contributed by atoms with Gasteiger partial charge in [-0.05, 0) is 25.2 Å². The fourth-order valence-electron chi connectivity index (χ4n) is 2.18. The summed E-state index contributed by atoms with van der Waals surface area (Å²) in [5.74, 6) is -4.08. The maximum atomic E-state index is 12.3. The van der Waals surface area contributed by atoms with E-state index >= 15 is 0 Å². The maximum absolute atomic E-state index is 12.3. The Hall–Kier alpha value is -0.420. The van der Waals surface area contributed by atoms with Crippen molar-refractivity contribution in [1.29, 1.82) is 0 Å². The normalized spacial score (nSPS) is 30.5. The first-order valence-corrected chi connectivity index (χ1v) is 5.75. The number of halogens is 6. The van der Waals surface area contributed by atoms with Gasteiger partial charge in [-0.25, -0.2) is 0 Å². The van der Waals surface area contributed by atoms with Gasteiger partial charge in [-0.1, -0.05) is 20.8 Å². The first-order valence-electron chi connectivity index (χ1n) is 5.75. The van der Waals surface area contributed by atoms with Crippen molar-refractivity contribution in [2.75, 3.05) is 0 Å². The average Bonchev–Trinajstić information content (AvgIpc) is 2.17. The molecule has 17 heavy (non-hydrogen) atoms. The molecule has 6 heteroatoms. The Kier molecular flexibility index (Phi) is 5.81. The van der Waals surface area contributed by atoms with Gasteiger partial charge in [0.05, 0.1) is 11.8 Å². The Labute approximate surface area is 97.4 Å². The minimum atomic E-state index is -4.37. The molecular formula is C11H18F6. The third kappa shape index (κ3) is 4.76. The lowest BCUT2D eigenvalue weighted by Gasteiger charge is -2.35. The summed E-state index contributed by atoms with van der Waals surface area (Å²) in [6, 6.07) is 0. The smallest absolute Gasteiger partial charge is 0.171 e. The van der Waals surface area contributed by atoms with E-state index in [9.17, 15) is 26.3 Å². The highest BCUT2D eigenvalue weighted by molar-refractivity contribution is 4.84. The summed E-state index contributed by atoms with van der Waals surface area (Å²) < 4.78 is 73.8. The molecule has 0 heterocycles. The van der Waals surface area contributed by atoms with Gasteiger partial charge in [0.1, 0.15) is 0 Å². The molecule has 0 amide bonds. The van der Waals surface area contributed by atoms with E-state index in [1.807, 2.05) is 13.8 Å². The lowest BCUT2D eigenvalue weighted by atomic mass is 9.74. The van der Waals surface area contributed by atoms with E-state index in [-0.39, 0.29) is 0 Å². The molecule has 0 bridgehead atoms. The summed E-state index contributed by atoms with van der Waals surface area (Å²) in [7, 11) is 0. The number of alkyl halides is 6. The number of hydrogen-bond acceptors (Lipinski definition) is 0. The Morgan fingerprint density at radius 1 is 0.824 bits per heavy atom. The van der Waals surface area contributed by atoms with Crippen LogP contribution < -0.4 is 0 Å². The van der Waals surface area contributed by atoms with Crippen molar-refractivity contribution in [2.45, 2.75) is 52.4 Å². The summed E-state index contributed by atoms with van der Waals surface area (Å²) >= 11 is 0. The largest absolute Gasteiger partial charge is 0.392 e. The van der Waals surface area contributed by atoms with Gasteiger partial charge < -0.3 is 0 Å². The van der Waals surface area contributed by atoms with E-state index in [1.54, 1.807) is 0 Å². The van der Waals surface area contributed by atoms with Crippen LogP contribution in [0.2, 0.25) is 0 Å². The van der Waals surface area contributed by atoms with Gasteiger partial charge in [-0.2, -0.15) is 26.3 Å². The van der Waals surface area contributed by atoms with Crippen LogP contribution in [-0.2, 0) is 0 Å². The summed E-state index contributed by atoms with van der Waals surface area (Å²) in [4.78, 5) is 0. The third-order valence-electron chi connectivity index (χ3n) is 3.05. The van der Waals surface area contributed by atoms with Gasteiger partial charge in [-0.3, -0.25) is 0 Å². The number of hydrogen-bond donors (Lipinski definition) is 0. The zero-order valence-corrected chi connectivity index (χ0v) is 10.1. The van der Waals surface area contributed by atoms with E-state index in [4.69, 9.17) is 0 Å². The number of rotatable bonds is 0. The molecule has 0 aromatic rings. The van der Waals surface area contributed by atoms with Crippen LogP contribution in [0.3, 0.4) is 0 Å². The summed E-state index contributed by atoms with van der Waals surface area (Å²) in [6.07, 6.45) is -9.94. The van der Waals surface area contributed by atoms with Crippen molar-refractivity contribution in [3.8, 4) is 0 Å². The van der Waals surface area contributed by atoms with Gasteiger partial charge in [0.25, 0.3) is 0 Å². The molecule has 0 aliphatic heterocycles. The zero-order valence-electron chi connectivity index (χ0n) is 10.1. The molecule has 3 unspecified atom stereocenters. The first kappa shape index (κ1) is 16.6. The second-order valence-electron chi connectivity index (χ2n) is 4.18. The molecule has 0 saturated heterocycles. The van der Waals surface area contributed by atoms with Crippen LogP contribution in [0, 0.1) is 17.8 Å². The van der Waals surface area contributed by atoms with Crippen molar-refractivity contribution in [3.05, 3.63) is 0 Å². The summed E-state index contributed by atoms with van der Waals surface area (Å²) in [6.45, 7) is 5.25. The Morgan fingerprint density at radius 2 is 1.29 bits per heavy atom. The SMILES string of the molecule is CC.CC1CC(C(F)(F)F)CCC1C(F)(F)F. The van der Waals surface area contributed by atoms with Crippen LogP contribution in [0.25, 0.3) is 0 Å². The van der Waals surface area contributed by atoms with E-state index in [2.05, 4.69) is 0 Å². The van der Waals surface area contributed by atoms with Crippen LogP contribution in [0.4, 0.5) is 26.3 Å². The Balaban J connectivity index is 0.00000121. The van der Waals surface area contributed by atoms with Crippen LogP contribution in [0.1, 0.15) is 40.0 Å². The summed E-state index contributed by atoms with van der Waals surface area (Å²) in [5, 5.41) is 0. The van der Waals surface area contributed by atoms with Crippen molar-refractivity contribution in [1.82, 2.24) is 0 Å². The molecule has 104 valence electrons. The van der Waals surface area contributed by atoms with Gasteiger partial charge in [-0.15, -0.1) is 0 Å². The van der Waals surface area contributed by atoms with Gasteiger partial charge >= 0.3 is 12.4 Å². The molecule has 1 fully saturated rings. The Bertz CT molecular complexity index is 217. The van der Waals surface area contributed by atoms with Crippen LogP contribution in [-0.4, -0.2) is 12.4 Å². The average molecular weight is 264 g/mol. The molecule has 0 aromatic carbocycles. The first-order chi connectivity index (χ1) is 7.62. The van der Waals surface area contributed by atoms with Crippen LogP contribution >= 0.6 is 0 Å². The second kappa shape index (κ2) is 5.96. The molecule has 0 N–H and O–H groups in total. The van der Waals surface area contributed by atoms with E-state index in [0.29, 0.717) is 0 Å². The lowest BCUT2D eigenvalue weighted by Crippen LogP contribution is -2.38. The van der Waals surface area contributed by atoms with Gasteiger partial charge in [0.15, 0.2) is 0 Å².